The van der Waals surface area contributed by atoms with Crippen molar-refractivity contribution in [3.05, 3.63) is 35.8 Å². The smallest absolute Gasteiger partial charge is 0.244 e. The maximum Gasteiger partial charge on any atom is 0.244 e. The summed E-state index contributed by atoms with van der Waals surface area (Å²) in [6.45, 7) is 3.06. The number of nitrogens with one attached hydrogen (secondary N) is 2. The van der Waals surface area contributed by atoms with Gasteiger partial charge in [0.25, 0.3) is 0 Å². The molecule has 1 unspecified atom stereocenters. The van der Waals surface area contributed by atoms with Crippen molar-refractivity contribution in [2.75, 3.05) is 0 Å². The Morgan fingerprint density at radius 1 is 1.55 bits per heavy atom. The Labute approximate surface area is 117 Å². The van der Waals surface area contributed by atoms with Gasteiger partial charge in [-0.05, 0) is 13.3 Å². The summed E-state index contributed by atoms with van der Waals surface area (Å²) in [5.74, 6) is 1.02. The number of H-pyrrole nitrogens is 1. The van der Waals surface area contributed by atoms with Gasteiger partial charge in [0.15, 0.2) is 0 Å². The molecular formula is C12H17N3O4S. The molecule has 0 aliphatic heterocycles. The van der Waals surface area contributed by atoms with E-state index >= 15 is 0 Å². The number of hydrogen-bond donors (Lipinski definition) is 3. The van der Waals surface area contributed by atoms with Crippen LogP contribution in [-0.4, -0.2) is 23.5 Å². The number of sulfonamides is 1. The second-order valence-corrected chi connectivity index (χ2v) is 6.03. The predicted octanol–water partition coefficient (Wildman–Crippen LogP) is 1.23. The van der Waals surface area contributed by atoms with E-state index in [-0.39, 0.29) is 23.0 Å². The highest BCUT2D eigenvalue weighted by atomic mass is 32.2. The second kappa shape index (κ2) is 5.78. The highest BCUT2D eigenvalue weighted by molar-refractivity contribution is 7.89. The summed E-state index contributed by atoms with van der Waals surface area (Å²) in [6, 6.07) is 0.883. The molecule has 20 heavy (non-hydrogen) atoms. The molecule has 8 heteroatoms. The molecule has 1 atom stereocenters. The summed E-state index contributed by atoms with van der Waals surface area (Å²) < 4.78 is 32.4. The molecule has 0 aromatic carbocycles. The van der Waals surface area contributed by atoms with Crippen LogP contribution in [0.15, 0.2) is 27.8 Å². The van der Waals surface area contributed by atoms with Crippen molar-refractivity contribution in [2.45, 2.75) is 37.8 Å². The van der Waals surface area contributed by atoms with Gasteiger partial charge in [0, 0.05) is 18.5 Å². The number of aryl methyl sites for hydroxylation is 1. The minimum absolute atomic E-state index is 0.0338. The van der Waals surface area contributed by atoms with Gasteiger partial charge in [-0.25, -0.2) is 18.1 Å². The van der Waals surface area contributed by atoms with Gasteiger partial charge in [0.2, 0.25) is 10.0 Å². The third-order valence-corrected chi connectivity index (χ3v) is 4.50. The summed E-state index contributed by atoms with van der Waals surface area (Å²) in [5, 5.41) is 9.00. The highest BCUT2D eigenvalue weighted by Crippen LogP contribution is 2.23. The first-order chi connectivity index (χ1) is 9.47. The molecule has 0 radical (unpaired) electrons. The first kappa shape index (κ1) is 14.8. The number of aromatic nitrogens is 2. The lowest BCUT2D eigenvalue weighted by atomic mass is 10.2. The molecule has 0 spiro atoms. The number of aliphatic hydroxyl groups excluding tert-OH is 1. The zero-order valence-corrected chi connectivity index (χ0v) is 12.1. The average molecular weight is 299 g/mol. The maximum absolute atomic E-state index is 12.4. The average Bonchev–Trinajstić information content (AvgIpc) is 3.05. The van der Waals surface area contributed by atoms with E-state index in [1.165, 1.54) is 6.07 Å². The Kier molecular flexibility index (Phi) is 4.26. The summed E-state index contributed by atoms with van der Waals surface area (Å²) in [7, 11) is -3.73. The van der Waals surface area contributed by atoms with Crippen LogP contribution in [0.5, 0.6) is 0 Å². The fourth-order valence-electron chi connectivity index (χ4n) is 1.92. The summed E-state index contributed by atoms with van der Waals surface area (Å²) in [6.07, 6.45) is 3.76. The van der Waals surface area contributed by atoms with E-state index in [1.54, 1.807) is 19.3 Å². The topological polar surface area (TPSA) is 108 Å². The van der Waals surface area contributed by atoms with E-state index < -0.39 is 16.1 Å². The number of imidazole rings is 1. The van der Waals surface area contributed by atoms with Gasteiger partial charge in [0.1, 0.15) is 28.8 Å². The first-order valence-corrected chi connectivity index (χ1v) is 7.68. The number of rotatable bonds is 6. The quantitative estimate of drug-likeness (QED) is 0.743. The van der Waals surface area contributed by atoms with E-state index in [0.29, 0.717) is 12.2 Å². The highest BCUT2D eigenvalue weighted by Gasteiger charge is 2.25. The molecule has 2 heterocycles. The molecule has 3 N–H and O–H groups in total. The lowest BCUT2D eigenvalue weighted by molar-refractivity contribution is 0.244. The zero-order valence-electron chi connectivity index (χ0n) is 11.3. The molecule has 2 aromatic rings. The lowest BCUT2D eigenvalue weighted by Crippen LogP contribution is -2.29. The van der Waals surface area contributed by atoms with Crippen molar-refractivity contribution in [2.24, 2.45) is 0 Å². The van der Waals surface area contributed by atoms with Crippen molar-refractivity contribution in [3.8, 4) is 0 Å². The van der Waals surface area contributed by atoms with E-state index in [4.69, 9.17) is 9.52 Å². The van der Waals surface area contributed by atoms with Crippen LogP contribution in [-0.2, 0) is 16.6 Å². The predicted molar refractivity (Wildman–Crippen MR) is 71.3 cm³/mol. The Morgan fingerprint density at radius 2 is 2.30 bits per heavy atom. The summed E-state index contributed by atoms with van der Waals surface area (Å²) in [5.41, 5.74) is 0. The number of hydrogen-bond acceptors (Lipinski definition) is 5. The molecule has 0 saturated carbocycles. The largest absolute Gasteiger partial charge is 0.462 e. The summed E-state index contributed by atoms with van der Waals surface area (Å²) in [4.78, 5) is 6.99. The van der Waals surface area contributed by atoms with E-state index in [2.05, 4.69) is 14.7 Å². The monoisotopic (exact) mass is 299 g/mol. The molecule has 0 aliphatic rings. The molecule has 110 valence electrons. The van der Waals surface area contributed by atoms with Crippen LogP contribution >= 0.6 is 0 Å². The van der Waals surface area contributed by atoms with Crippen LogP contribution in [0.25, 0.3) is 0 Å². The van der Waals surface area contributed by atoms with Crippen LogP contribution in [0.4, 0.5) is 0 Å². The summed E-state index contributed by atoms with van der Waals surface area (Å²) >= 11 is 0. The van der Waals surface area contributed by atoms with E-state index in [1.807, 2.05) is 6.92 Å². The Balaban J connectivity index is 2.28. The minimum Gasteiger partial charge on any atom is -0.462 e. The molecule has 0 fully saturated rings. The van der Waals surface area contributed by atoms with Crippen LogP contribution in [0.2, 0.25) is 0 Å². The van der Waals surface area contributed by atoms with Crippen molar-refractivity contribution in [1.29, 1.82) is 0 Å². The third kappa shape index (κ3) is 2.92. The maximum atomic E-state index is 12.4. The zero-order chi connectivity index (χ0) is 14.8. The SMILES string of the molecule is CCC(NS(=O)(=O)c1cc(CO)oc1C)c1ncc[nH]1. The number of aliphatic hydroxyl groups is 1. The fraction of sp³-hybridized carbons (Fsp3) is 0.417. The first-order valence-electron chi connectivity index (χ1n) is 6.19. The molecule has 2 aromatic heterocycles. The van der Waals surface area contributed by atoms with E-state index in [0.717, 1.165) is 0 Å². The van der Waals surface area contributed by atoms with Gasteiger partial charge in [-0.1, -0.05) is 6.92 Å². The van der Waals surface area contributed by atoms with Gasteiger partial charge >= 0.3 is 0 Å². The number of nitrogens with zero attached hydrogens (tertiary/aromatic N) is 1. The van der Waals surface area contributed by atoms with Gasteiger partial charge in [0.05, 0.1) is 6.04 Å². The van der Waals surface area contributed by atoms with Crippen molar-refractivity contribution < 1.29 is 17.9 Å². The molecule has 0 bridgehead atoms. The molecule has 2 rings (SSSR count). The normalized spacial score (nSPS) is 13.6. The Bertz CT molecular complexity index is 661. The van der Waals surface area contributed by atoms with Crippen LogP contribution < -0.4 is 4.72 Å². The van der Waals surface area contributed by atoms with Gasteiger partial charge in [-0.2, -0.15) is 0 Å². The molecule has 0 saturated heterocycles. The van der Waals surface area contributed by atoms with Crippen molar-refractivity contribution in [3.63, 3.8) is 0 Å². The lowest BCUT2D eigenvalue weighted by Gasteiger charge is -2.14. The van der Waals surface area contributed by atoms with Crippen molar-refractivity contribution in [1.82, 2.24) is 14.7 Å². The van der Waals surface area contributed by atoms with Crippen LogP contribution in [0, 0.1) is 6.92 Å². The van der Waals surface area contributed by atoms with Crippen LogP contribution in [0.1, 0.15) is 36.7 Å². The van der Waals surface area contributed by atoms with Gasteiger partial charge < -0.3 is 14.5 Å². The van der Waals surface area contributed by atoms with Crippen molar-refractivity contribution >= 4 is 10.0 Å². The van der Waals surface area contributed by atoms with Crippen LogP contribution in [0.3, 0.4) is 0 Å². The standard InChI is InChI=1S/C12H17N3O4S/c1-3-10(12-13-4-5-14-12)15-20(17,18)11-6-9(7-16)19-8(11)2/h4-6,10,15-16H,3,7H2,1-2H3,(H,13,14). The third-order valence-electron chi connectivity index (χ3n) is 2.92. The number of furan rings is 1. The second-order valence-electron chi connectivity index (χ2n) is 4.35. The van der Waals surface area contributed by atoms with E-state index in [9.17, 15) is 8.42 Å². The molecule has 7 nitrogen and oxygen atoms in total. The van der Waals surface area contributed by atoms with Gasteiger partial charge in [-0.3, -0.25) is 0 Å². The molecular weight excluding hydrogens is 282 g/mol. The van der Waals surface area contributed by atoms with Gasteiger partial charge in [-0.15, -0.1) is 0 Å². The fourth-order valence-corrected chi connectivity index (χ4v) is 3.41. The number of aromatic amines is 1. The molecule has 0 amide bonds. The minimum atomic E-state index is -3.73. The molecule has 0 aliphatic carbocycles. The Morgan fingerprint density at radius 3 is 2.80 bits per heavy atom. The Hall–Kier alpha value is -1.64.